The van der Waals surface area contributed by atoms with Gasteiger partial charge in [-0.3, -0.25) is 4.79 Å². The standard InChI is InChI=1S/C18H16N2O4/c1-10-13-5-3-4-6-16(13)24-17(10)18(23)20-19-11(2)14-9-12(21)7-8-15(14)22/h3-9,21-22H,1-2H3,(H,20,23)/b19-11+. The lowest BCUT2D eigenvalue weighted by molar-refractivity contribution is 0.0928. The molecule has 0 bridgehead atoms. The number of carbonyl (C=O) groups excluding carboxylic acids is 1. The molecule has 1 heterocycles. The number of aromatic hydroxyl groups is 2. The van der Waals surface area contributed by atoms with Gasteiger partial charge in [0.05, 0.1) is 5.71 Å². The first kappa shape index (κ1) is 15.6. The van der Waals surface area contributed by atoms with Crippen LogP contribution in [0.5, 0.6) is 11.5 Å². The van der Waals surface area contributed by atoms with Crippen LogP contribution in [0.2, 0.25) is 0 Å². The van der Waals surface area contributed by atoms with Crippen molar-refractivity contribution in [3.63, 3.8) is 0 Å². The van der Waals surface area contributed by atoms with Crippen molar-refractivity contribution in [3.8, 4) is 11.5 Å². The van der Waals surface area contributed by atoms with Crippen molar-refractivity contribution in [2.75, 3.05) is 0 Å². The van der Waals surface area contributed by atoms with Crippen molar-refractivity contribution in [1.82, 2.24) is 5.43 Å². The van der Waals surface area contributed by atoms with Crippen LogP contribution in [-0.2, 0) is 0 Å². The third kappa shape index (κ3) is 2.81. The number of hydrazone groups is 1. The SMILES string of the molecule is C/C(=N\NC(=O)c1oc2ccccc2c1C)c1cc(O)ccc1O. The highest BCUT2D eigenvalue weighted by Crippen LogP contribution is 2.25. The normalized spacial score (nSPS) is 11.7. The smallest absolute Gasteiger partial charge is 0.307 e. The van der Waals surface area contributed by atoms with Gasteiger partial charge in [0.25, 0.3) is 0 Å². The van der Waals surface area contributed by atoms with Crippen LogP contribution < -0.4 is 5.43 Å². The Bertz CT molecular complexity index is 957. The van der Waals surface area contributed by atoms with Gasteiger partial charge in [-0.1, -0.05) is 18.2 Å². The summed E-state index contributed by atoms with van der Waals surface area (Å²) in [6.07, 6.45) is 0. The molecule has 0 spiro atoms. The number of nitrogens with zero attached hydrogens (tertiary/aromatic N) is 1. The second-order valence-corrected chi connectivity index (χ2v) is 5.39. The molecule has 0 aliphatic heterocycles. The number of phenolic OH excluding ortho intramolecular Hbond substituents is 2. The summed E-state index contributed by atoms with van der Waals surface area (Å²) >= 11 is 0. The first-order valence-corrected chi connectivity index (χ1v) is 7.32. The van der Waals surface area contributed by atoms with Crippen LogP contribution in [0.25, 0.3) is 11.0 Å². The summed E-state index contributed by atoms with van der Waals surface area (Å²) in [7, 11) is 0. The van der Waals surface area contributed by atoms with Crippen LogP contribution >= 0.6 is 0 Å². The maximum atomic E-state index is 12.3. The van der Waals surface area contributed by atoms with E-state index in [1.807, 2.05) is 18.2 Å². The molecule has 0 radical (unpaired) electrons. The van der Waals surface area contributed by atoms with E-state index < -0.39 is 5.91 Å². The van der Waals surface area contributed by atoms with Gasteiger partial charge in [0.15, 0.2) is 5.76 Å². The van der Waals surface area contributed by atoms with Crippen molar-refractivity contribution >= 4 is 22.6 Å². The zero-order chi connectivity index (χ0) is 17.3. The van der Waals surface area contributed by atoms with Crippen LogP contribution in [0, 0.1) is 6.92 Å². The van der Waals surface area contributed by atoms with Gasteiger partial charge in [-0.05, 0) is 38.1 Å². The molecule has 3 N–H and O–H groups in total. The van der Waals surface area contributed by atoms with Gasteiger partial charge in [0.2, 0.25) is 0 Å². The number of phenols is 2. The minimum Gasteiger partial charge on any atom is -0.508 e. The van der Waals surface area contributed by atoms with Gasteiger partial charge in [-0.25, -0.2) is 5.43 Å². The highest BCUT2D eigenvalue weighted by atomic mass is 16.3. The summed E-state index contributed by atoms with van der Waals surface area (Å²) in [6, 6.07) is 11.5. The van der Waals surface area contributed by atoms with Crippen LogP contribution in [0.1, 0.15) is 28.6 Å². The molecular weight excluding hydrogens is 308 g/mol. The Morgan fingerprint density at radius 1 is 1.17 bits per heavy atom. The molecule has 1 amide bonds. The summed E-state index contributed by atoms with van der Waals surface area (Å²) < 4.78 is 5.57. The van der Waals surface area contributed by atoms with E-state index in [0.29, 0.717) is 16.9 Å². The maximum absolute atomic E-state index is 12.3. The lowest BCUT2D eigenvalue weighted by Gasteiger charge is -2.05. The minimum atomic E-state index is -0.484. The second kappa shape index (κ2) is 6.08. The van der Waals surface area contributed by atoms with Crippen molar-refractivity contribution in [2.45, 2.75) is 13.8 Å². The molecule has 0 saturated carbocycles. The number of amides is 1. The number of benzene rings is 2. The number of para-hydroxylation sites is 1. The van der Waals surface area contributed by atoms with Crippen LogP contribution in [0.4, 0.5) is 0 Å². The van der Waals surface area contributed by atoms with Gasteiger partial charge in [0, 0.05) is 16.5 Å². The highest BCUT2D eigenvalue weighted by Gasteiger charge is 2.17. The number of hydrogen-bond donors (Lipinski definition) is 3. The Morgan fingerprint density at radius 3 is 2.67 bits per heavy atom. The lowest BCUT2D eigenvalue weighted by atomic mass is 10.1. The van der Waals surface area contributed by atoms with Gasteiger partial charge in [-0.15, -0.1) is 0 Å². The van der Waals surface area contributed by atoms with Gasteiger partial charge in [0.1, 0.15) is 17.1 Å². The van der Waals surface area contributed by atoms with E-state index in [0.717, 1.165) is 10.9 Å². The molecule has 3 aromatic rings. The number of nitrogens with one attached hydrogen (secondary N) is 1. The summed E-state index contributed by atoms with van der Waals surface area (Å²) in [5.74, 6) is -0.337. The maximum Gasteiger partial charge on any atom is 0.307 e. The fourth-order valence-corrected chi connectivity index (χ4v) is 2.45. The van der Waals surface area contributed by atoms with E-state index in [-0.39, 0.29) is 17.3 Å². The molecule has 0 aliphatic carbocycles. The topological polar surface area (TPSA) is 95.1 Å². The molecule has 2 aromatic carbocycles. The van der Waals surface area contributed by atoms with Gasteiger partial charge >= 0.3 is 5.91 Å². The third-order valence-electron chi connectivity index (χ3n) is 3.74. The average molecular weight is 324 g/mol. The summed E-state index contributed by atoms with van der Waals surface area (Å²) in [6.45, 7) is 3.42. The summed E-state index contributed by atoms with van der Waals surface area (Å²) in [4.78, 5) is 12.3. The Hall–Kier alpha value is -3.28. The van der Waals surface area contributed by atoms with E-state index >= 15 is 0 Å². The average Bonchev–Trinajstić information content (AvgIpc) is 2.92. The van der Waals surface area contributed by atoms with E-state index in [2.05, 4.69) is 10.5 Å². The molecule has 0 atom stereocenters. The van der Waals surface area contributed by atoms with E-state index in [1.165, 1.54) is 18.2 Å². The number of rotatable bonds is 3. The predicted molar refractivity (Wildman–Crippen MR) is 90.4 cm³/mol. The third-order valence-corrected chi connectivity index (χ3v) is 3.74. The number of furan rings is 1. The zero-order valence-corrected chi connectivity index (χ0v) is 13.2. The number of carbonyl (C=O) groups is 1. The molecule has 0 aliphatic rings. The van der Waals surface area contributed by atoms with Crippen molar-refractivity contribution in [2.24, 2.45) is 5.10 Å². The molecule has 24 heavy (non-hydrogen) atoms. The van der Waals surface area contributed by atoms with E-state index in [1.54, 1.807) is 19.9 Å². The minimum absolute atomic E-state index is 0.00296. The first-order chi connectivity index (χ1) is 11.5. The van der Waals surface area contributed by atoms with E-state index in [4.69, 9.17) is 4.42 Å². The van der Waals surface area contributed by atoms with Crippen molar-refractivity contribution in [1.29, 1.82) is 0 Å². The second-order valence-electron chi connectivity index (χ2n) is 5.39. The number of aryl methyl sites for hydroxylation is 1. The zero-order valence-electron chi connectivity index (χ0n) is 13.2. The molecule has 1 aromatic heterocycles. The Balaban J connectivity index is 1.86. The first-order valence-electron chi connectivity index (χ1n) is 7.32. The van der Waals surface area contributed by atoms with Crippen LogP contribution in [0.3, 0.4) is 0 Å². The van der Waals surface area contributed by atoms with Gasteiger partial charge in [-0.2, -0.15) is 5.10 Å². The lowest BCUT2D eigenvalue weighted by Crippen LogP contribution is -2.19. The predicted octanol–water partition coefficient (Wildman–Crippen LogP) is 3.31. The molecule has 0 unspecified atom stereocenters. The monoisotopic (exact) mass is 324 g/mol. The quantitative estimate of drug-likeness (QED) is 0.391. The summed E-state index contributed by atoms with van der Waals surface area (Å²) in [5.41, 5.74) is 4.45. The van der Waals surface area contributed by atoms with Crippen molar-refractivity contribution in [3.05, 3.63) is 59.4 Å². The molecule has 6 nitrogen and oxygen atoms in total. The molecule has 3 rings (SSSR count). The van der Waals surface area contributed by atoms with Crippen molar-refractivity contribution < 1.29 is 19.4 Å². The Labute approximate surface area is 138 Å². The fraction of sp³-hybridized carbons (Fsp3) is 0.111. The molecule has 0 saturated heterocycles. The largest absolute Gasteiger partial charge is 0.508 e. The number of fused-ring (bicyclic) bond motifs is 1. The van der Waals surface area contributed by atoms with Crippen LogP contribution in [-0.4, -0.2) is 21.8 Å². The van der Waals surface area contributed by atoms with E-state index in [9.17, 15) is 15.0 Å². The van der Waals surface area contributed by atoms with Gasteiger partial charge < -0.3 is 14.6 Å². The highest BCUT2D eigenvalue weighted by molar-refractivity contribution is 6.03. The fourth-order valence-electron chi connectivity index (χ4n) is 2.45. The Kier molecular flexibility index (Phi) is 3.95. The van der Waals surface area contributed by atoms with Crippen LogP contribution in [0.15, 0.2) is 52.0 Å². The molecule has 122 valence electrons. The molecule has 0 fully saturated rings. The Morgan fingerprint density at radius 2 is 1.92 bits per heavy atom. The summed E-state index contributed by atoms with van der Waals surface area (Å²) in [5, 5.41) is 24.1. The molecule has 6 heteroatoms. The number of hydrogen-bond acceptors (Lipinski definition) is 5. The molecular formula is C18H16N2O4.